The van der Waals surface area contributed by atoms with E-state index in [-0.39, 0.29) is 0 Å². The highest BCUT2D eigenvalue weighted by molar-refractivity contribution is 9.10. The maximum Gasteiger partial charge on any atom is 0.341 e. The molecule has 0 aromatic heterocycles. The molecule has 15 heavy (non-hydrogen) atoms. The smallest absolute Gasteiger partial charge is 0.341 e. The molecule has 0 N–H and O–H groups in total. The van der Waals surface area contributed by atoms with Gasteiger partial charge in [0, 0.05) is 4.47 Å². The van der Waals surface area contributed by atoms with E-state index in [1.807, 2.05) is 6.92 Å². The Hall–Kier alpha value is -0.740. The minimum absolute atomic E-state index is 0.318. The minimum Gasteiger partial charge on any atom is -0.491 e. The lowest BCUT2D eigenvalue weighted by Crippen LogP contribution is -2.06. The van der Waals surface area contributed by atoms with Gasteiger partial charge in [-0.05, 0) is 19.1 Å². The molecule has 5 heteroatoms. The van der Waals surface area contributed by atoms with E-state index in [0.29, 0.717) is 27.4 Å². The van der Waals surface area contributed by atoms with Crippen LogP contribution in [0.5, 0.6) is 5.75 Å². The van der Waals surface area contributed by atoms with E-state index in [4.69, 9.17) is 16.3 Å². The number of halogens is 2. The predicted molar refractivity (Wildman–Crippen MR) is 61.7 cm³/mol. The van der Waals surface area contributed by atoms with Crippen molar-refractivity contribution < 1.29 is 14.3 Å². The number of hydrogen-bond acceptors (Lipinski definition) is 3. The Balaban J connectivity index is 3.26. The van der Waals surface area contributed by atoms with Gasteiger partial charge in [0.2, 0.25) is 0 Å². The zero-order chi connectivity index (χ0) is 11.4. The second kappa shape index (κ2) is 5.37. The topological polar surface area (TPSA) is 35.5 Å². The largest absolute Gasteiger partial charge is 0.491 e. The summed E-state index contributed by atoms with van der Waals surface area (Å²) in [6.07, 6.45) is 0. The van der Waals surface area contributed by atoms with Gasteiger partial charge in [0.15, 0.2) is 5.75 Å². The molecule has 0 fully saturated rings. The molecular formula is C10H10BrClO3. The Morgan fingerprint density at radius 3 is 2.73 bits per heavy atom. The van der Waals surface area contributed by atoms with Crippen molar-refractivity contribution >= 4 is 33.5 Å². The molecular weight excluding hydrogens is 283 g/mol. The van der Waals surface area contributed by atoms with Crippen molar-refractivity contribution in [1.82, 2.24) is 0 Å². The first kappa shape index (κ1) is 12.3. The van der Waals surface area contributed by atoms with E-state index >= 15 is 0 Å². The fraction of sp³-hybridized carbons (Fsp3) is 0.300. The SMILES string of the molecule is CCOc1c(Cl)cc(Br)cc1C(=O)OC. The molecule has 0 amide bonds. The first-order valence-corrected chi connectivity index (χ1v) is 5.47. The van der Waals surface area contributed by atoms with Gasteiger partial charge in [0.05, 0.1) is 18.7 Å². The quantitative estimate of drug-likeness (QED) is 0.802. The Morgan fingerprint density at radius 1 is 1.53 bits per heavy atom. The number of carbonyl (C=O) groups is 1. The standard InChI is InChI=1S/C10H10BrClO3/c1-3-15-9-7(10(13)14-2)4-6(11)5-8(9)12/h4-5H,3H2,1-2H3. The Kier molecular flexibility index (Phi) is 4.42. The summed E-state index contributed by atoms with van der Waals surface area (Å²) < 4.78 is 10.6. The van der Waals surface area contributed by atoms with Gasteiger partial charge < -0.3 is 9.47 Å². The van der Waals surface area contributed by atoms with Crippen LogP contribution in [0.2, 0.25) is 5.02 Å². The van der Waals surface area contributed by atoms with Crippen LogP contribution in [0.25, 0.3) is 0 Å². The fourth-order valence-electron chi connectivity index (χ4n) is 1.11. The molecule has 1 rings (SSSR count). The number of hydrogen-bond donors (Lipinski definition) is 0. The van der Waals surface area contributed by atoms with E-state index in [9.17, 15) is 4.79 Å². The van der Waals surface area contributed by atoms with Crippen LogP contribution in [0.1, 0.15) is 17.3 Å². The second-order valence-corrected chi connectivity index (χ2v) is 4.01. The highest BCUT2D eigenvalue weighted by Gasteiger charge is 2.17. The molecule has 0 unspecified atom stereocenters. The third kappa shape index (κ3) is 2.86. The third-order valence-corrected chi connectivity index (χ3v) is 2.44. The fourth-order valence-corrected chi connectivity index (χ4v) is 1.98. The van der Waals surface area contributed by atoms with Crippen molar-refractivity contribution in [3.63, 3.8) is 0 Å². The van der Waals surface area contributed by atoms with E-state index in [2.05, 4.69) is 20.7 Å². The Morgan fingerprint density at radius 2 is 2.20 bits per heavy atom. The molecule has 82 valence electrons. The van der Waals surface area contributed by atoms with Crippen LogP contribution in [0, 0.1) is 0 Å². The summed E-state index contributed by atoms with van der Waals surface area (Å²) in [5.74, 6) is -0.115. The van der Waals surface area contributed by atoms with Crippen molar-refractivity contribution in [2.24, 2.45) is 0 Å². The molecule has 1 aromatic carbocycles. The lowest BCUT2D eigenvalue weighted by molar-refractivity contribution is 0.0596. The zero-order valence-electron chi connectivity index (χ0n) is 8.34. The van der Waals surface area contributed by atoms with E-state index < -0.39 is 5.97 Å². The van der Waals surface area contributed by atoms with Crippen molar-refractivity contribution in [3.05, 3.63) is 27.2 Å². The molecule has 0 atom stereocenters. The van der Waals surface area contributed by atoms with Crippen LogP contribution in [-0.2, 0) is 4.74 Å². The van der Waals surface area contributed by atoms with E-state index in [0.717, 1.165) is 0 Å². The maximum atomic E-state index is 11.4. The van der Waals surface area contributed by atoms with Crippen LogP contribution >= 0.6 is 27.5 Å². The number of rotatable bonds is 3. The monoisotopic (exact) mass is 292 g/mol. The van der Waals surface area contributed by atoms with Gasteiger partial charge in [-0.15, -0.1) is 0 Å². The van der Waals surface area contributed by atoms with Gasteiger partial charge in [-0.2, -0.15) is 0 Å². The molecule has 0 spiro atoms. The Labute approximate surface area is 101 Å². The number of methoxy groups -OCH3 is 1. The van der Waals surface area contributed by atoms with Crippen molar-refractivity contribution in [1.29, 1.82) is 0 Å². The average Bonchev–Trinajstić information content (AvgIpc) is 2.20. The van der Waals surface area contributed by atoms with Crippen LogP contribution in [-0.4, -0.2) is 19.7 Å². The van der Waals surface area contributed by atoms with Gasteiger partial charge in [-0.3, -0.25) is 0 Å². The van der Waals surface area contributed by atoms with Crippen molar-refractivity contribution in [2.45, 2.75) is 6.92 Å². The molecule has 0 heterocycles. The molecule has 0 saturated heterocycles. The molecule has 0 radical (unpaired) electrons. The number of benzene rings is 1. The van der Waals surface area contributed by atoms with E-state index in [1.54, 1.807) is 12.1 Å². The summed E-state index contributed by atoms with van der Waals surface area (Å²) in [4.78, 5) is 11.4. The summed E-state index contributed by atoms with van der Waals surface area (Å²) >= 11 is 9.20. The summed E-state index contributed by atoms with van der Waals surface area (Å²) in [5, 5.41) is 0.381. The first-order chi connectivity index (χ1) is 7.10. The molecule has 1 aromatic rings. The highest BCUT2D eigenvalue weighted by Crippen LogP contribution is 2.32. The van der Waals surface area contributed by atoms with Crippen LogP contribution in [0.4, 0.5) is 0 Å². The lowest BCUT2D eigenvalue weighted by Gasteiger charge is -2.10. The third-order valence-electron chi connectivity index (χ3n) is 1.70. The van der Waals surface area contributed by atoms with Gasteiger partial charge in [0.1, 0.15) is 5.56 Å². The average molecular weight is 294 g/mol. The lowest BCUT2D eigenvalue weighted by atomic mass is 10.2. The molecule has 0 aliphatic heterocycles. The number of ether oxygens (including phenoxy) is 2. The maximum absolute atomic E-state index is 11.4. The first-order valence-electron chi connectivity index (χ1n) is 4.30. The van der Waals surface area contributed by atoms with Gasteiger partial charge in [0.25, 0.3) is 0 Å². The number of esters is 1. The minimum atomic E-state index is -0.471. The normalized spacial score (nSPS) is 9.87. The summed E-state index contributed by atoms with van der Waals surface area (Å²) in [6, 6.07) is 3.28. The van der Waals surface area contributed by atoms with E-state index in [1.165, 1.54) is 7.11 Å². The second-order valence-electron chi connectivity index (χ2n) is 2.69. The molecule has 0 saturated carbocycles. The van der Waals surface area contributed by atoms with Crippen LogP contribution < -0.4 is 4.74 Å². The van der Waals surface area contributed by atoms with Gasteiger partial charge >= 0.3 is 5.97 Å². The Bertz CT molecular complexity index is 379. The molecule has 3 nitrogen and oxygen atoms in total. The van der Waals surface area contributed by atoms with Crippen LogP contribution in [0.3, 0.4) is 0 Å². The predicted octanol–water partition coefficient (Wildman–Crippen LogP) is 3.29. The molecule has 0 aliphatic rings. The summed E-state index contributed by atoms with van der Waals surface area (Å²) in [5.41, 5.74) is 0.318. The summed E-state index contributed by atoms with van der Waals surface area (Å²) in [6.45, 7) is 2.25. The zero-order valence-corrected chi connectivity index (χ0v) is 10.7. The molecule has 0 aliphatic carbocycles. The van der Waals surface area contributed by atoms with Gasteiger partial charge in [-0.25, -0.2) is 4.79 Å². The van der Waals surface area contributed by atoms with Crippen molar-refractivity contribution in [2.75, 3.05) is 13.7 Å². The number of carbonyl (C=O) groups excluding carboxylic acids is 1. The summed E-state index contributed by atoms with van der Waals surface area (Å²) in [7, 11) is 1.31. The van der Waals surface area contributed by atoms with Gasteiger partial charge in [-0.1, -0.05) is 27.5 Å². The van der Waals surface area contributed by atoms with Crippen molar-refractivity contribution in [3.8, 4) is 5.75 Å². The highest BCUT2D eigenvalue weighted by atomic mass is 79.9. The van der Waals surface area contributed by atoms with Crippen LogP contribution in [0.15, 0.2) is 16.6 Å². The molecule has 0 bridgehead atoms.